The lowest BCUT2D eigenvalue weighted by Gasteiger charge is -2.28. The molecule has 1 atom stereocenters. The summed E-state index contributed by atoms with van der Waals surface area (Å²) in [6, 6.07) is 11.4. The molecule has 1 fully saturated rings. The van der Waals surface area contributed by atoms with Gasteiger partial charge in [0.25, 0.3) is 0 Å². The maximum absolute atomic E-state index is 12.1. The predicted octanol–water partition coefficient (Wildman–Crippen LogP) is 3.69. The Balaban J connectivity index is 1.64. The number of carbonyl (C=O) groups is 1. The summed E-state index contributed by atoms with van der Waals surface area (Å²) in [4.78, 5) is 18.5. The van der Waals surface area contributed by atoms with E-state index in [1.807, 2.05) is 24.3 Å². The highest BCUT2D eigenvalue weighted by atomic mass is 35.5. The van der Waals surface area contributed by atoms with Crippen LogP contribution in [0.15, 0.2) is 48.8 Å². The molecule has 2 heterocycles. The van der Waals surface area contributed by atoms with E-state index in [1.54, 1.807) is 18.5 Å². The number of hydrogen-bond acceptors (Lipinski definition) is 3. The maximum atomic E-state index is 12.1. The number of nitrogens with zero attached hydrogens (tertiary/aromatic N) is 2. The van der Waals surface area contributed by atoms with Crippen LogP contribution >= 0.6 is 11.6 Å². The fraction of sp³-hybridized carbons (Fsp3) is 0.333. The Hall–Kier alpha value is -2.11. The van der Waals surface area contributed by atoms with Crippen molar-refractivity contribution in [3.05, 3.63) is 59.4 Å². The summed E-state index contributed by atoms with van der Waals surface area (Å²) < 4.78 is 0. The van der Waals surface area contributed by atoms with Crippen molar-refractivity contribution in [1.29, 1.82) is 0 Å². The van der Waals surface area contributed by atoms with Crippen molar-refractivity contribution in [2.45, 2.75) is 18.9 Å². The SMILES string of the molecule is O=C(NC[C@@H](c1cccc(Cl)c1)N1CCCC1)Nc1cccnc1. The van der Waals surface area contributed by atoms with Crippen LogP contribution in [0.1, 0.15) is 24.4 Å². The van der Waals surface area contributed by atoms with E-state index in [0.29, 0.717) is 12.2 Å². The van der Waals surface area contributed by atoms with Crippen LogP contribution < -0.4 is 10.6 Å². The third-order valence-corrected chi connectivity index (χ3v) is 4.43. The van der Waals surface area contributed by atoms with Crippen molar-refractivity contribution in [3.63, 3.8) is 0 Å². The zero-order valence-corrected chi connectivity index (χ0v) is 14.2. The number of benzene rings is 1. The number of hydrogen-bond donors (Lipinski definition) is 2. The summed E-state index contributed by atoms with van der Waals surface area (Å²) in [6.45, 7) is 2.62. The Bertz CT molecular complexity index is 674. The molecule has 1 aliphatic rings. The summed E-state index contributed by atoms with van der Waals surface area (Å²) in [6.07, 6.45) is 5.68. The van der Waals surface area contributed by atoms with E-state index in [4.69, 9.17) is 11.6 Å². The molecule has 0 aliphatic carbocycles. The van der Waals surface area contributed by atoms with Crippen LogP contribution in [-0.2, 0) is 0 Å². The molecule has 5 nitrogen and oxygen atoms in total. The second kappa shape index (κ2) is 8.13. The number of amides is 2. The number of aromatic nitrogens is 1. The lowest BCUT2D eigenvalue weighted by Crippen LogP contribution is -2.38. The number of carbonyl (C=O) groups excluding carboxylic acids is 1. The van der Waals surface area contributed by atoms with E-state index >= 15 is 0 Å². The van der Waals surface area contributed by atoms with Gasteiger partial charge in [0.05, 0.1) is 17.9 Å². The molecule has 0 unspecified atom stereocenters. The van der Waals surface area contributed by atoms with Gasteiger partial charge in [-0.05, 0) is 55.8 Å². The molecule has 1 aromatic heterocycles. The van der Waals surface area contributed by atoms with Crippen molar-refractivity contribution in [2.24, 2.45) is 0 Å². The van der Waals surface area contributed by atoms with E-state index in [9.17, 15) is 4.79 Å². The van der Waals surface area contributed by atoms with Crippen LogP contribution in [0.25, 0.3) is 0 Å². The van der Waals surface area contributed by atoms with E-state index in [-0.39, 0.29) is 12.1 Å². The van der Waals surface area contributed by atoms with Gasteiger partial charge in [-0.15, -0.1) is 0 Å². The number of rotatable bonds is 5. The molecule has 2 N–H and O–H groups in total. The molecule has 24 heavy (non-hydrogen) atoms. The molecule has 6 heteroatoms. The monoisotopic (exact) mass is 344 g/mol. The average Bonchev–Trinajstić information content (AvgIpc) is 3.10. The first-order valence-corrected chi connectivity index (χ1v) is 8.54. The van der Waals surface area contributed by atoms with Gasteiger partial charge in [0, 0.05) is 17.8 Å². The van der Waals surface area contributed by atoms with Gasteiger partial charge in [-0.2, -0.15) is 0 Å². The topological polar surface area (TPSA) is 57.3 Å². The molecule has 2 aromatic rings. The first kappa shape index (κ1) is 16.7. The van der Waals surface area contributed by atoms with Crippen LogP contribution in [0, 0.1) is 0 Å². The Morgan fingerprint density at radius 1 is 1.25 bits per heavy atom. The predicted molar refractivity (Wildman–Crippen MR) is 96.3 cm³/mol. The smallest absolute Gasteiger partial charge is 0.319 e. The minimum Gasteiger partial charge on any atom is -0.336 e. The highest BCUT2D eigenvalue weighted by molar-refractivity contribution is 6.30. The number of nitrogens with one attached hydrogen (secondary N) is 2. The third-order valence-electron chi connectivity index (χ3n) is 4.19. The molecule has 0 spiro atoms. The minimum atomic E-state index is -0.228. The molecule has 3 rings (SSSR count). The molecule has 1 saturated heterocycles. The van der Waals surface area contributed by atoms with Gasteiger partial charge in [-0.1, -0.05) is 23.7 Å². The van der Waals surface area contributed by atoms with E-state index in [2.05, 4.69) is 26.6 Å². The molecule has 0 saturated carbocycles. The van der Waals surface area contributed by atoms with Crippen molar-refractivity contribution < 1.29 is 4.79 Å². The number of halogens is 1. The Labute approximate surface area is 147 Å². The molecule has 126 valence electrons. The van der Waals surface area contributed by atoms with Gasteiger partial charge in [0.1, 0.15) is 0 Å². The number of pyridine rings is 1. The molecule has 0 bridgehead atoms. The van der Waals surface area contributed by atoms with Crippen molar-refractivity contribution >= 4 is 23.3 Å². The lowest BCUT2D eigenvalue weighted by atomic mass is 10.1. The molecular weight excluding hydrogens is 324 g/mol. The van der Waals surface area contributed by atoms with Crippen LogP contribution in [0.3, 0.4) is 0 Å². The second-order valence-corrected chi connectivity index (χ2v) is 6.33. The van der Waals surface area contributed by atoms with Crippen LogP contribution in [0.5, 0.6) is 0 Å². The first-order valence-electron chi connectivity index (χ1n) is 8.17. The summed E-state index contributed by atoms with van der Waals surface area (Å²) >= 11 is 6.14. The molecule has 2 amide bonds. The fourth-order valence-corrected chi connectivity index (χ4v) is 3.22. The van der Waals surface area contributed by atoms with Crippen molar-refractivity contribution in [3.8, 4) is 0 Å². The number of anilines is 1. The highest BCUT2D eigenvalue weighted by Crippen LogP contribution is 2.26. The van der Waals surface area contributed by atoms with Gasteiger partial charge in [-0.25, -0.2) is 4.79 Å². The Kier molecular flexibility index (Phi) is 5.67. The zero-order valence-electron chi connectivity index (χ0n) is 13.4. The normalized spacial score (nSPS) is 15.9. The quantitative estimate of drug-likeness (QED) is 0.869. The number of urea groups is 1. The highest BCUT2D eigenvalue weighted by Gasteiger charge is 2.24. The van der Waals surface area contributed by atoms with E-state index in [0.717, 1.165) is 23.7 Å². The van der Waals surface area contributed by atoms with Gasteiger partial charge in [0.15, 0.2) is 0 Å². The molecule has 0 radical (unpaired) electrons. The van der Waals surface area contributed by atoms with Crippen molar-refractivity contribution in [2.75, 3.05) is 25.0 Å². The fourth-order valence-electron chi connectivity index (χ4n) is 3.03. The van der Waals surface area contributed by atoms with Gasteiger partial charge in [0.2, 0.25) is 0 Å². The van der Waals surface area contributed by atoms with Crippen LogP contribution in [-0.4, -0.2) is 35.5 Å². The summed E-state index contributed by atoms with van der Waals surface area (Å²) in [5.41, 5.74) is 1.81. The Morgan fingerprint density at radius 3 is 2.79 bits per heavy atom. The molecule has 1 aliphatic heterocycles. The van der Waals surface area contributed by atoms with E-state index < -0.39 is 0 Å². The van der Waals surface area contributed by atoms with Gasteiger partial charge >= 0.3 is 6.03 Å². The van der Waals surface area contributed by atoms with Crippen LogP contribution in [0.4, 0.5) is 10.5 Å². The summed E-state index contributed by atoms with van der Waals surface area (Å²) in [7, 11) is 0. The van der Waals surface area contributed by atoms with Gasteiger partial charge < -0.3 is 10.6 Å². The first-order chi connectivity index (χ1) is 11.7. The Morgan fingerprint density at radius 2 is 2.08 bits per heavy atom. The summed E-state index contributed by atoms with van der Waals surface area (Å²) in [5, 5.41) is 6.48. The van der Waals surface area contributed by atoms with Gasteiger partial charge in [-0.3, -0.25) is 9.88 Å². The zero-order chi connectivity index (χ0) is 16.8. The standard InChI is InChI=1S/C18H21ClN4O/c19-15-6-3-5-14(11-15)17(23-9-1-2-10-23)13-21-18(24)22-16-7-4-8-20-12-16/h3-8,11-12,17H,1-2,9-10,13H2,(H2,21,22,24)/t17-/m0/s1. The second-order valence-electron chi connectivity index (χ2n) is 5.89. The average molecular weight is 345 g/mol. The third kappa shape index (κ3) is 4.46. The minimum absolute atomic E-state index is 0.130. The largest absolute Gasteiger partial charge is 0.336 e. The molecule has 1 aromatic carbocycles. The summed E-state index contributed by atoms with van der Waals surface area (Å²) in [5.74, 6) is 0. The van der Waals surface area contributed by atoms with Crippen LogP contribution in [0.2, 0.25) is 5.02 Å². The van der Waals surface area contributed by atoms with Crippen molar-refractivity contribution in [1.82, 2.24) is 15.2 Å². The van der Waals surface area contributed by atoms with E-state index in [1.165, 1.54) is 12.8 Å². The molecular formula is C18H21ClN4O. The number of likely N-dealkylation sites (tertiary alicyclic amines) is 1. The lowest BCUT2D eigenvalue weighted by molar-refractivity contribution is 0.227. The maximum Gasteiger partial charge on any atom is 0.319 e.